The Morgan fingerprint density at radius 3 is 2.93 bits per heavy atom. The van der Waals surface area contributed by atoms with Gasteiger partial charge in [-0.1, -0.05) is 6.92 Å². The first kappa shape index (κ1) is 11.3. The van der Waals surface area contributed by atoms with Crippen LogP contribution in [0.5, 0.6) is 5.88 Å². The summed E-state index contributed by atoms with van der Waals surface area (Å²) in [5.41, 5.74) is 0.983. The predicted molar refractivity (Wildman–Crippen MR) is 59.9 cm³/mol. The number of anilines is 1. The van der Waals surface area contributed by atoms with Gasteiger partial charge in [-0.15, -0.1) is 12.3 Å². The largest absolute Gasteiger partial charge is 0.476 e. The fourth-order valence-electron chi connectivity index (χ4n) is 1.26. The van der Waals surface area contributed by atoms with E-state index in [9.17, 15) is 0 Å². The van der Waals surface area contributed by atoms with Crippen LogP contribution in [0.15, 0.2) is 6.33 Å². The van der Waals surface area contributed by atoms with Crippen LogP contribution in [-0.4, -0.2) is 23.6 Å². The molecule has 0 spiro atoms. The van der Waals surface area contributed by atoms with E-state index in [4.69, 9.17) is 11.2 Å². The van der Waals surface area contributed by atoms with E-state index in [0.29, 0.717) is 18.9 Å². The minimum absolute atomic E-state index is 0.490. The maximum absolute atomic E-state index is 5.48. The van der Waals surface area contributed by atoms with Gasteiger partial charge in [0.2, 0.25) is 5.88 Å². The molecule has 0 aliphatic heterocycles. The minimum Gasteiger partial charge on any atom is -0.476 e. The van der Waals surface area contributed by atoms with Crippen LogP contribution in [0.1, 0.15) is 18.9 Å². The molecule has 4 nitrogen and oxygen atoms in total. The van der Waals surface area contributed by atoms with Gasteiger partial charge in [-0.25, -0.2) is 9.97 Å². The fourth-order valence-corrected chi connectivity index (χ4v) is 1.26. The molecule has 4 heteroatoms. The smallest absolute Gasteiger partial charge is 0.221 e. The molecule has 0 aliphatic rings. The summed E-state index contributed by atoms with van der Waals surface area (Å²) in [6.07, 6.45) is 8.03. The van der Waals surface area contributed by atoms with Crippen LogP contribution in [0, 0.1) is 12.3 Å². The number of terminal acetylenes is 1. The summed E-state index contributed by atoms with van der Waals surface area (Å²) in [6.45, 7) is 2.53. The highest BCUT2D eigenvalue weighted by atomic mass is 16.5. The summed E-state index contributed by atoms with van der Waals surface area (Å²) < 4.78 is 5.48. The van der Waals surface area contributed by atoms with Crippen molar-refractivity contribution in [3.8, 4) is 18.2 Å². The van der Waals surface area contributed by atoms with Gasteiger partial charge in [0.1, 0.15) is 18.8 Å². The lowest BCUT2D eigenvalue weighted by Crippen LogP contribution is -2.05. The molecule has 0 aromatic carbocycles. The third kappa shape index (κ3) is 2.84. The molecule has 15 heavy (non-hydrogen) atoms. The molecule has 0 fully saturated rings. The number of nitrogens with zero attached hydrogens (tertiary/aromatic N) is 2. The van der Waals surface area contributed by atoms with Gasteiger partial charge in [0.15, 0.2) is 0 Å². The molecule has 0 atom stereocenters. The van der Waals surface area contributed by atoms with Gasteiger partial charge >= 0.3 is 0 Å². The molecule has 1 aromatic heterocycles. The van der Waals surface area contributed by atoms with Crippen molar-refractivity contribution in [2.45, 2.75) is 19.8 Å². The molecule has 0 bridgehead atoms. The van der Waals surface area contributed by atoms with E-state index in [1.165, 1.54) is 6.33 Å². The van der Waals surface area contributed by atoms with Crippen molar-refractivity contribution in [2.75, 3.05) is 19.0 Å². The first-order valence-electron chi connectivity index (χ1n) is 4.91. The number of rotatable bonds is 5. The van der Waals surface area contributed by atoms with Gasteiger partial charge in [0.05, 0.1) is 5.56 Å². The Kier molecular flexibility index (Phi) is 4.42. The molecule has 1 heterocycles. The van der Waals surface area contributed by atoms with Gasteiger partial charge in [0, 0.05) is 13.5 Å². The van der Waals surface area contributed by atoms with Crippen LogP contribution in [0.4, 0.5) is 5.82 Å². The maximum atomic E-state index is 5.48. The number of hydrogen-bond donors (Lipinski definition) is 1. The Hall–Kier alpha value is -1.76. The Labute approximate surface area is 90.1 Å². The standard InChI is InChI=1S/C11H15N3O/c1-4-6-7-15-11-9(5-2)10(12-3)13-8-14-11/h1,8H,5-7H2,2-3H3,(H,12,13,14). The molecule has 0 saturated heterocycles. The van der Waals surface area contributed by atoms with Crippen LogP contribution in [0.25, 0.3) is 0 Å². The Morgan fingerprint density at radius 2 is 2.33 bits per heavy atom. The zero-order valence-corrected chi connectivity index (χ0v) is 9.08. The third-order valence-electron chi connectivity index (χ3n) is 1.98. The number of ether oxygens (including phenoxy) is 1. The monoisotopic (exact) mass is 205 g/mol. The van der Waals surface area contributed by atoms with E-state index in [1.807, 2.05) is 14.0 Å². The topological polar surface area (TPSA) is 47.0 Å². The highest BCUT2D eigenvalue weighted by molar-refractivity contribution is 5.48. The maximum Gasteiger partial charge on any atom is 0.221 e. The molecular formula is C11H15N3O. The van der Waals surface area contributed by atoms with Crippen LogP contribution < -0.4 is 10.1 Å². The van der Waals surface area contributed by atoms with E-state index in [0.717, 1.165) is 17.8 Å². The van der Waals surface area contributed by atoms with Crippen molar-refractivity contribution in [3.63, 3.8) is 0 Å². The fraction of sp³-hybridized carbons (Fsp3) is 0.455. The minimum atomic E-state index is 0.490. The van der Waals surface area contributed by atoms with E-state index < -0.39 is 0 Å². The second-order valence-corrected chi connectivity index (χ2v) is 2.91. The van der Waals surface area contributed by atoms with Crippen molar-refractivity contribution in [1.82, 2.24) is 9.97 Å². The summed E-state index contributed by atoms with van der Waals surface area (Å²) in [6, 6.07) is 0. The molecule has 1 rings (SSSR count). The Balaban J connectivity index is 2.82. The highest BCUT2D eigenvalue weighted by Gasteiger charge is 2.08. The molecule has 80 valence electrons. The normalized spacial score (nSPS) is 9.40. The van der Waals surface area contributed by atoms with Gasteiger partial charge in [0.25, 0.3) is 0 Å². The van der Waals surface area contributed by atoms with E-state index in [2.05, 4.69) is 21.2 Å². The molecule has 0 unspecified atom stereocenters. The Morgan fingerprint density at radius 1 is 1.53 bits per heavy atom. The first-order valence-corrected chi connectivity index (χ1v) is 4.91. The summed E-state index contributed by atoms with van der Waals surface area (Å²) in [5.74, 6) is 3.95. The lowest BCUT2D eigenvalue weighted by Gasteiger charge is -2.10. The van der Waals surface area contributed by atoms with Crippen LogP contribution in [0.3, 0.4) is 0 Å². The van der Waals surface area contributed by atoms with Gasteiger partial charge in [-0.05, 0) is 6.42 Å². The van der Waals surface area contributed by atoms with E-state index >= 15 is 0 Å². The van der Waals surface area contributed by atoms with Crippen LogP contribution >= 0.6 is 0 Å². The summed E-state index contributed by atoms with van der Waals surface area (Å²) in [5, 5.41) is 3.01. The second kappa shape index (κ2) is 5.86. The predicted octanol–water partition coefficient (Wildman–Crippen LogP) is 1.48. The molecule has 0 aliphatic carbocycles. The molecule has 0 saturated carbocycles. The van der Waals surface area contributed by atoms with Gasteiger partial charge in [-0.2, -0.15) is 0 Å². The molecule has 0 amide bonds. The van der Waals surface area contributed by atoms with Crippen molar-refractivity contribution in [3.05, 3.63) is 11.9 Å². The zero-order valence-electron chi connectivity index (χ0n) is 9.08. The lowest BCUT2D eigenvalue weighted by molar-refractivity contribution is 0.310. The lowest BCUT2D eigenvalue weighted by atomic mass is 10.2. The van der Waals surface area contributed by atoms with Crippen molar-refractivity contribution >= 4 is 5.82 Å². The van der Waals surface area contributed by atoms with Crippen molar-refractivity contribution in [1.29, 1.82) is 0 Å². The highest BCUT2D eigenvalue weighted by Crippen LogP contribution is 2.21. The Bertz CT molecular complexity index is 357. The van der Waals surface area contributed by atoms with E-state index in [-0.39, 0.29) is 0 Å². The van der Waals surface area contributed by atoms with Gasteiger partial charge in [-0.3, -0.25) is 0 Å². The van der Waals surface area contributed by atoms with Crippen LogP contribution in [0.2, 0.25) is 0 Å². The number of hydrogen-bond acceptors (Lipinski definition) is 4. The quantitative estimate of drug-likeness (QED) is 0.584. The summed E-state index contributed by atoms with van der Waals surface area (Å²) >= 11 is 0. The SMILES string of the molecule is C#CCCOc1ncnc(NC)c1CC. The second-order valence-electron chi connectivity index (χ2n) is 2.91. The van der Waals surface area contributed by atoms with Crippen LogP contribution in [-0.2, 0) is 6.42 Å². The summed E-state index contributed by atoms with van der Waals surface area (Å²) in [4.78, 5) is 8.20. The number of aromatic nitrogens is 2. The molecular weight excluding hydrogens is 190 g/mol. The average molecular weight is 205 g/mol. The van der Waals surface area contributed by atoms with Crippen molar-refractivity contribution < 1.29 is 4.74 Å². The van der Waals surface area contributed by atoms with Crippen molar-refractivity contribution in [2.24, 2.45) is 0 Å². The number of nitrogens with one attached hydrogen (secondary N) is 1. The average Bonchev–Trinajstić information content (AvgIpc) is 2.29. The first-order chi connectivity index (χ1) is 7.33. The van der Waals surface area contributed by atoms with E-state index in [1.54, 1.807) is 0 Å². The molecule has 1 N–H and O–H groups in total. The molecule has 1 aromatic rings. The third-order valence-corrected chi connectivity index (χ3v) is 1.98. The summed E-state index contributed by atoms with van der Waals surface area (Å²) in [7, 11) is 1.83. The van der Waals surface area contributed by atoms with Gasteiger partial charge < -0.3 is 10.1 Å². The molecule has 0 radical (unpaired) electrons. The zero-order chi connectivity index (χ0) is 11.1.